The number of nitrogens with zero attached hydrogens (tertiary/aromatic N) is 3. The summed E-state index contributed by atoms with van der Waals surface area (Å²) in [5, 5.41) is 3.86. The molecule has 112 valence electrons. The summed E-state index contributed by atoms with van der Waals surface area (Å²) in [6, 6.07) is 2.70. The van der Waals surface area contributed by atoms with E-state index in [2.05, 4.69) is 5.10 Å². The monoisotopic (exact) mass is 333 g/mol. The maximum absolute atomic E-state index is 13.3. The molecule has 1 aromatic heterocycles. The average Bonchev–Trinajstić information content (AvgIpc) is 2.40. The highest BCUT2D eigenvalue weighted by molar-refractivity contribution is 6.36. The van der Waals surface area contributed by atoms with E-state index < -0.39 is 16.0 Å². The lowest BCUT2D eigenvalue weighted by atomic mass is 10.3. The van der Waals surface area contributed by atoms with Crippen molar-refractivity contribution in [2.24, 2.45) is 0 Å². The topological polar surface area (TPSA) is 66.1 Å². The smallest absolute Gasteiger partial charge is 0.381 e. The molecule has 0 aliphatic heterocycles. The van der Waals surface area contributed by atoms with Crippen molar-refractivity contribution in [3.63, 3.8) is 0 Å². The maximum atomic E-state index is 13.3. The molecule has 0 amide bonds. The first-order chi connectivity index (χ1) is 9.81. The van der Waals surface area contributed by atoms with Crippen LogP contribution in [0, 0.1) is 0 Å². The quantitative estimate of drug-likeness (QED) is 0.863. The summed E-state index contributed by atoms with van der Waals surface area (Å²) in [5.74, 6) is 0.261. The van der Waals surface area contributed by atoms with E-state index in [-0.39, 0.29) is 27.6 Å². The molecule has 1 heterocycles. The zero-order valence-corrected chi connectivity index (χ0v) is 12.5. The van der Waals surface area contributed by atoms with Crippen LogP contribution in [0.2, 0.25) is 10.0 Å². The van der Waals surface area contributed by atoms with Crippen LogP contribution in [0.5, 0.6) is 5.75 Å². The van der Waals surface area contributed by atoms with Crippen LogP contribution in [0.4, 0.5) is 4.48 Å². The van der Waals surface area contributed by atoms with E-state index in [9.17, 15) is 14.1 Å². The third kappa shape index (κ3) is 3.08. The van der Waals surface area contributed by atoms with Gasteiger partial charge in [0, 0.05) is 6.07 Å². The van der Waals surface area contributed by atoms with Crippen LogP contribution in [0.15, 0.2) is 27.9 Å². The Hall–Kier alpha value is -1.86. The minimum Gasteiger partial charge on any atom is -0.489 e. The Kier molecular flexibility index (Phi) is 4.34. The van der Waals surface area contributed by atoms with E-state index in [0.29, 0.717) is 10.9 Å². The Labute approximate surface area is 128 Å². The fourth-order valence-corrected chi connectivity index (χ4v) is 2.08. The molecule has 0 bridgehead atoms. The van der Waals surface area contributed by atoms with E-state index in [4.69, 9.17) is 27.9 Å². The predicted octanol–water partition coefficient (Wildman–Crippen LogP) is 2.22. The molecule has 0 radical (unpaired) electrons. The number of ether oxygens (including phenoxy) is 1. The second kappa shape index (κ2) is 5.87. The molecule has 2 aromatic rings. The molecule has 0 aliphatic carbocycles. The summed E-state index contributed by atoms with van der Waals surface area (Å²) in [4.78, 5) is 22.2. The van der Waals surface area contributed by atoms with Crippen molar-refractivity contribution < 1.29 is 9.22 Å². The highest BCUT2D eigenvalue weighted by Crippen LogP contribution is 2.32. The van der Waals surface area contributed by atoms with Gasteiger partial charge in [-0.2, -0.15) is 9.78 Å². The lowest BCUT2D eigenvalue weighted by molar-refractivity contribution is 0.242. The van der Waals surface area contributed by atoms with Gasteiger partial charge in [0.05, 0.1) is 21.8 Å². The number of aromatic nitrogens is 3. The van der Waals surface area contributed by atoms with E-state index in [1.54, 1.807) is 13.8 Å². The van der Waals surface area contributed by atoms with Gasteiger partial charge in [-0.25, -0.2) is 4.79 Å². The van der Waals surface area contributed by atoms with Crippen LogP contribution >= 0.6 is 23.2 Å². The minimum absolute atomic E-state index is 0.0492. The Morgan fingerprint density at radius 3 is 2.52 bits per heavy atom. The molecule has 21 heavy (non-hydrogen) atoms. The summed E-state index contributed by atoms with van der Waals surface area (Å²) in [6.07, 6.45) is 0.492. The number of benzene rings is 1. The van der Waals surface area contributed by atoms with Crippen molar-refractivity contribution in [1.29, 1.82) is 0 Å². The molecule has 0 saturated carbocycles. The molecule has 0 aliphatic rings. The molecule has 0 spiro atoms. The van der Waals surface area contributed by atoms with Gasteiger partial charge < -0.3 is 4.74 Å². The fraction of sp³-hybridized carbons (Fsp3) is 0.250. The standard InChI is InChI=1S/C12H10Cl2FN3O3/c1-6(2)21-10-4-9(7(13)3-8(10)14)18-12(20)17(15)11(19)5-16-18/h3-6H,1-2H3. The molecule has 1 aromatic carbocycles. The second-order valence-electron chi connectivity index (χ2n) is 4.36. The summed E-state index contributed by atoms with van der Waals surface area (Å²) in [6.45, 7) is 3.58. The van der Waals surface area contributed by atoms with Gasteiger partial charge in [-0.3, -0.25) is 4.79 Å². The predicted molar refractivity (Wildman–Crippen MR) is 76.4 cm³/mol. The van der Waals surface area contributed by atoms with Crippen molar-refractivity contribution in [1.82, 2.24) is 14.6 Å². The zero-order valence-electron chi connectivity index (χ0n) is 11.0. The van der Waals surface area contributed by atoms with E-state index in [1.807, 2.05) is 0 Å². The van der Waals surface area contributed by atoms with Crippen LogP contribution in [0.3, 0.4) is 0 Å². The van der Waals surface area contributed by atoms with Crippen molar-refractivity contribution in [3.05, 3.63) is 49.2 Å². The van der Waals surface area contributed by atoms with Crippen LogP contribution in [0.1, 0.15) is 13.8 Å². The highest BCUT2D eigenvalue weighted by Gasteiger charge is 2.15. The number of rotatable bonds is 3. The number of hydrogen-bond donors (Lipinski definition) is 0. The summed E-state index contributed by atoms with van der Waals surface area (Å²) in [5.41, 5.74) is -2.39. The molecule has 0 N–H and O–H groups in total. The average molecular weight is 334 g/mol. The maximum Gasteiger partial charge on any atom is 0.381 e. The van der Waals surface area contributed by atoms with Gasteiger partial charge in [0.1, 0.15) is 11.9 Å². The molecule has 6 nitrogen and oxygen atoms in total. The summed E-state index contributed by atoms with van der Waals surface area (Å²) in [7, 11) is 0. The molecule has 0 atom stereocenters. The third-order valence-corrected chi connectivity index (χ3v) is 3.02. The Bertz CT molecular complexity index is 801. The first kappa shape index (κ1) is 15.5. The van der Waals surface area contributed by atoms with Crippen molar-refractivity contribution in [3.8, 4) is 11.4 Å². The van der Waals surface area contributed by atoms with E-state index >= 15 is 0 Å². The zero-order chi connectivity index (χ0) is 15.7. The number of hydrogen-bond acceptors (Lipinski definition) is 4. The summed E-state index contributed by atoms with van der Waals surface area (Å²) >= 11 is 12.0. The Balaban J connectivity index is 2.67. The largest absolute Gasteiger partial charge is 0.489 e. The fourth-order valence-electron chi connectivity index (χ4n) is 1.57. The highest BCUT2D eigenvalue weighted by atomic mass is 35.5. The van der Waals surface area contributed by atoms with E-state index in [0.717, 1.165) is 0 Å². The van der Waals surface area contributed by atoms with Crippen LogP contribution in [-0.4, -0.2) is 20.7 Å². The molecular formula is C12H10Cl2FN3O3. The Morgan fingerprint density at radius 1 is 1.24 bits per heavy atom. The summed E-state index contributed by atoms with van der Waals surface area (Å²) < 4.78 is 19.4. The Morgan fingerprint density at radius 2 is 1.90 bits per heavy atom. The molecule has 0 saturated heterocycles. The first-order valence-electron chi connectivity index (χ1n) is 5.85. The van der Waals surface area contributed by atoms with Gasteiger partial charge in [0.15, 0.2) is 0 Å². The van der Waals surface area contributed by atoms with Gasteiger partial charge in [0.2, 0.25) is 0 Å². The van der Waals surface area contributed by atoms with Crippen LogP contribution in [0.25, 0.3) is 5.69 Å². The lowest BCUT2D eigenvalue weighted by Gasteiger charge is -2.14. The lowest BCUT2D eigenvalue weighted by Crippen LogP contribution is -2.36. The van der Waals surface area contributed by atoms with Gasteiger partial charge in [-0.1, -0.05) is 32.5 Å². The molecule has 2 rings (SSSR count). The molecular weight excluding hydrogens is 324 g/mol. The van der Waals surface area contributed by atoms with Crippen molar-refractivity contribution >= 4 is 23.2 Å². The van der Waals surface area contributed by atoms with Crippen molar-refractivity contribution in [2.75, 3.05) is 0 Å². The number of halogens is 3. The first-order valence-corrected chi connectivity index (χ1v) is 6.60. The third-order valence-electron chi connectivity index (χ3n) is 2.42. The van der Waals surface area contributed by atoms with Gasteiger partial charge in [-0.15, -0.1) is 0 Å². The van der Waals surface area contributed by atoms with Crippen molar-refractivity contribution in [2.45, 2.75) is 20.0 Å². The molecule has 0 unspecified atom stereocenters. The van der Waals surface area contributed by atoms with E-state index in [1.165, 1.54) is 12.1 Å². The second-order valence-corrected chi connectivity index (χ2v) is 5.17. The molecule has 9 heteroatoms. The molecule has 0 fully saturated rings. The SMILES string of the molecule is CC(C)Oc1cc(-n2ncc(=O)n(F)c2=O)c(Cl)cc1Cl. The normalized spacial score (nSPS) is 11.0. The van der Waals surface area contributed by atoms with Crippen LogP contribution in [-0.2, 0) is 0 Å². The minimum atomic E-state index is -1.28. The van der Waals surface area contributed by atoms with Gasteiger partial charge >= 0.3 is 11.2 Å². The van der Waals surface area contributed by atoms with Crippen LogP contribution < -0.4 is 16.0 Å². The van der Waals surface area contributed by atoms with Gasteiger partial charge in [0.25, 0.3) is 0 Å². The van der Waals surface area contributed by atoms with Gasteiger partial charge in [-0.05, 0) is 19.9 Å².